The fraction of sp³-hybridized carbons (Fsp3) is 0.316. The number of imidazole rings is 1. The molecule has 0 saturated carbocycles. The van der Waals surface area contributed by atoms with Gasteiger partial charge in [0.05, 0.1) is 12.4 Å². The summed E-state index contributed by atoms with van der Waals surface area (Å²) in [5.41, 5.74) is 0.262. The van der Waals surface area contributed by atoms with Crippen LogP contribution in [0.25, 0.3) is 11.2 Å². The molecule has 0 aliphatic rings. The van der Waals surface area contributed by atoms with Gasteiger partial charge in [-0.3, -0.25) is 23.5 Å². The van der Waals surface area contributed by atoms with Gasteiger partial charge in [-0.15, -0.1) is 0 Å². The maximum atomic E-state index is 12.5. The molecule has 0 aliphatic heterocycles. The second kappa shape index (κ2) is 7.63. The third-order valence-corrected chi connectivity index (χ3v) is 4.64. The Morgan fingerprint density at radius 1 is 1.11 bits per heavy atom. The largest absolute Gasteiger partial charge is 0.344 e. The predicted octanol–water partition coefficient (Wildman–Crippen LogP) is -0.250. The molecule has 0 aliphatic carbocycles. The number of fused-ring (bicyclic) bond motifs is 1. The van der Waals surface area contributed by atoms with Gasteiger partial charge in [0, 0.05) is 14.1 Å². The van der Waals surface area contributed by atoms with Crippen LogP contribution in [0.3, 0.4) is 0 Å². The summed E-state index contributed by atoms with van der Waals surface area (Å²) in [6, 6.07) is 8.71. The average molecular weight is 383 g/mol. The Hall–Kier alpha value is -3.49. The minimum atomic E-state index is -0.670. The zero-order valence-corrected chi connectivity index (χ0v) is 15.9. The Morgan fingerprint density at radius 3 is 2.43 bits per heavy atom. The highest BCUT2D eigenvalue weighted by atomic mass is 16.2. The Labute approximate surface area is 160 Å². The molecule has 0 spiro atoms. The first-order valence-electron chi connectivity index (χ1n) is 8.74. The van der Waals surface area contributed by atoms with Gasteiger partial charge in [0.1, 0.15) is 6.54 Å². The number of aryl methyl sites for hydroxylation is 1. The lowest BCUT2D eigenvalue weighted by Crippen LogP contribution is -2.43. The van der Waals surface area contributed by atoms with Crippen LogP contribution in [0, 0.1) is 0 Å². The standard InChI is InChI=1S/C19H21N5O4/c1-12(25)14(9-13-7-5-4-6-8-13)21-15(26)10-24-11-20-17-16(24)18(27)23(3)19(28)22(17)2/h4-8,11,14H,9-10H2,1-3H3,(H,21,26). The van der Waals surface area contributed by atoms with Crippen LogP contribution in [0.2, 0.25) is 0 Å². The Bertz CT molecular complexity index is 1160. The van der Waals surface area contributed by atoms with E-state index in [4.69, 9.17) is 0 Å². The summed E-state index contributed by atoms with van der Waals surface area (Å²) in [4.78, 5) is 53.0. The maximum Gasteiger partial charge on any atom is 0.332 e. The van der Waals surface area contributed by atoms with Crippen LogP contribution in [0.5, 0.6) is 0 Å². The van der Waals surface area contributed by atoms with E-state index in [-0.39, 0.29) is 23.5 Å². The molecule has 1 unspecified atom stereocenters. The van der Waals surface area contributed by atoms with Crippen LogP contribution < -0.4 is 16.6 Å². The minimum Gasteiger partial charge on any atom is -0.344 e. The average Bonchev–Trinajstić information content (AvgIpc) is 3.08. The molecule has 28 heavy (non-hydrogen) atoms. The normalized spacial score (nSPS) is 12.1. The number of Topliss-reactive ketones (excluding diaryl/α,β-unsaturated/α-hetero) is 1. The summed E-state index contributed by atoms with van der Waals surface area (Å²) in [5, 5.41) is 2.71. The zero-order valence-electron chi connectivity index (χ0n) is 15.9. The van der Waals surface area contributed by atoms with Crippen molar-refractivity contribution in [2.75, 3.05) is 0 Å². The summed E-state index contributed by atoms with van der Waals surface area (Å²) in [7, 11) is 2.88. The Balaban J connectivity index is 1.83. The molecule has 2 aromatic heterocycles. The number of nitrogens with one attached hydrogen (secondary N) is 1. The van der Waals surface area contributed by atoms with Crippen molar-refractivity contribution in [1.82, 2.24) is 24.0 Å². The molecule has 0 saturated heterocycles. The number of carbonyl (C=O) groups is 2. The number of amides is 1. The van der Waals surface area contributed by atoms with Gasteiger partial charge in [-0.05, 0) is 18.9 Å². The van der Waals surface area contributed by atoms with Crippen molar-refractivity contribution in [2.45, 2.75) is 25.9 Å². The lowest BCUT2D eigenvalue weighted by molar-refractivity contribution is -0.127. The van der Waals surface area contributed by atoms with E-state index in [1.54, 1.807) is 0 Å². The zero-order chi connectivity index (χ0) is 20.4. The molecule has 0 radical (unpaired) electrons. The molecule has 0 fully saturated rings. The highest BCUT2D eigenvalue weighted by Crippen LogP contribution is 2.07. The van der Waals surface area contributed by atoms with Crippen LogP contribution in [0.1, 0.15) is 12.5 Å². The van der Waals surface area contributed by atoms with E-state index in [1.165, 1.54) is 36.5 Å². The fourth-order valence-electron chi connectivity index (χ4n) is 3.06. The number of carbonyl (C=O) groups excluding carboxylic acids is 2. The molecule has 1 N–H and O–H groups in total. The minimum absolute atomic E-state index is 0.155. The van der Waals surface area contributed by atoms with Crippen LogP contribution >= 0.6 is 0 Å². The molecule has 1 atom stereocenters. The summed E-state index contributed by atoms with van der Waals surface area (Å²) in [6.45, 7) is 1.23. The molecule has 9 heteroatoms. The van der Waals surface area contributed by atoms with Crippen molar-refractivity contribution < 1.29 is 9.59 Å². The quantitative estimate of drug-likeness (QED) is 0.632. The van der Waals surface area contributed by atoms with E-state index < -0.39 is 23.2 Å². The Kier molecular flexibility index (Phi) is 5.25. The van der Waals surface area contributed by atoms with Gasteiger partial charge >= 0.3 is 5.69 Å². The van der Waals surface area contributed by atoms with Gasteiger partial charge in [0.25, 0.3) is 5.56 Å². The topological polar surface area (TPSA) is 108 Å². The molecule has 2 heterocycles. The van der Waals surface area contributed by atoms with Crippen molar-refractivity contribution in [2.24, 2.45) is 14.1 Å². The summed E-state index contributed by atoms with van der Waals surface area (Å²) < 4.78 is 3.59. The lowest BCUT2D eigenvalue weighted by Gasteiger charge is -2.16. The molecular weight excluding hydrogens is 362 g/mol. The fourth-order valence-corrected chi connectivity index (χ4v) is 3.06. The number of nitrogens with zero attached hydrogens (tertiary/aromatic N) is 4. The summed E-state index contributed by atoms with van der Waals surface area (Å²) >= 11 is 0. The molecule has 3 rings (SSSR count). The third-order valence-electron chi connectivity index (χ3n) is 4.64. The first-order valence-corrected chi connectivity index (χ1v) is 8.74. The molecule has 146 valence electrons. The number of rotatable bonds is 6. The van der Waals surface area contributed by atoms with E-state index in [0.29, 0.717) is 6.42 Å². The number of hydrogen-bond donors (Lipinski definition) is 1. The van der Waals surface area contributed by atoms with Gasteiger partial charge in [-0.1, -0.05) is 30.3 Å². The van der Waals surface area contributed by atoms with Gasteiger partial charge in [0.2, 0.25) is 5.91 Å². The molecule has 1 amide bonds. The molecule has 0 bridgehead atoms. The second-order valence-electron chi connectivity index (χ2n) is 6.67. The van der Waals surface area contributed by atoms with Crippen LogP contribution in [-0.2, 0) is 36.6 Å². The summed E-state index contributed by atoms with van der Waals surface area (Å²) in [6.07, 6.45) is 1.72. The van der Waals surface area contributed by atoms with Gasteiger partial charge < -0.3 is 9.88 Å². The predicted molar refractivity (Wildman–Crippen MR) is 103 cm³/mol. The number of hydrogen-bond acceptors (Lipinski definition) is 5. The number of benzene rings is 1. The van der Waals surface area contributed by atoms with Crippen molar-refractivity contribution in [3.05, 3.63) is 63.1 Å². The second-order valence-corrected chi connectivity index (χ2v) is 6.67. The molecule has 1 aromatic carbocycles. The number of ketones is 1. The molecular formula is C19H21N5O4. The van der Waals surface area contributed by atoms with Gasteiger partial charge in [0.15, 0.2) is 16.9 Å². The smallest absolute Gasteiger partial charge is 0.332 e. The van der Waals surface area contributed by atoms with Crippen molar-refractivity contribution in [1.29, 1.82) is 0 Å². The maximum absolute atomic E-state index is 12.5. The first-order chi connectivity index (χ1) is 13.3. The first kappa shape index (κ1) is 19.3. The van der Waals surface area contributed by atoms with Gasteiger partial charge in [-0.25, -0.2) is 9.78 Å². The van der Waals surface area contributed by atoms with Crippen LogP contribution in [0.15, 0.2) is 46.2 Å². The lowest BCUT2D eigenvalue weighted by atomic mass is 10.0. The van der Waals surface area contributed by atoms with Crippen molar-refractivity contribution in [3.63, 3.8) is 0 Å². The van der Waals surface area contributed by atoms with E-state index in [9.17, 15) is 19.2 Å². The summed E-state index contributed by atoms with van der Waals surface area (Å²) in [5.74, 6) is -0.586. The van der Waals surface area contributed by atoms with Crippen LogP contribution in [-0.4, -0.2) is 36.4 Å². The highest BCUT2D eigenvalue weighted by molar-refractivity contribution is 5.88. The van der Waals surface area contributed by atoms with E-state index in [0.717, 1.165) is 10.1 Å². The SMILES string of the molecule is CC(=O)C(Cc1ccccc1)NC(=O)Cn1cnc2c1c(=O)n(C)c(=O)n2C. The molecule has 9 nitrogen and oxygen atoms in total. The van der Waals surface area contributed by atoms with Crippen LogP contribution in [0.4, 0.5) is 0 Å². The Morgan fingerprint density at radius 2 is 1.79 bits per heavy atom. The van der Waals surface area contributed by atoms with E-state index in [1.807, 2.05) is 30.3 Å². The van der Waals surface area contributed by atoms with Crippen molar-refractivity contribution >= 4 is 22.9 Å². The third kappa shape index (κ3) is 3.64. The van der Waals surface area contributed by atoms with E-state index in [2.05, 4.69) is 10.3 Å². The monoisotopic (exact) mass is 383 g/mol. The van der Waals surface area contributed by atoms with Gasteiger partial charge in [-0.2, -0.15) is 0 Å². The van der Waals surface area contributed by atoms with E-state index >= 15 is 0 Å². The highest BCUT2D eigenvalue weighted by Gasteiger charge is 2.20. The molecule has 3 aromatic rings. The number of aromatic nitrogens is 4. The van der Waals surface area contributed by atoms with Crippen molar-refractivity contribution in [3.8, 4) is 0 Å².